The summed E-state index contributed by atoms with van der Waals surface area (Å²) in [5, 5.41) is 19.4. The first kappa shape index (κ1) is 26.1. The van der Waals surface area contributed by atoms with E-state index in [1.54, 1.807) is 26.0 Å². The summed E-state index contributed by atoms with van der Waals surface area (Å²) in [4.78, 5) is 3.31. The molecule has 1 aliphatic rings. The van der Waals surface area contributed by atoms with Gasteiger partial charge in [-0.15, -0.1) is 0 Å². The summed E-state index contributed by atoms with van der Waals surface area (Å²) in [5.74, 6) is -0.767. The fourth-order valence-corrected chi connectivity index (χ4v) is 4.35. The van der Waals surface area contributed by atoms with Crippen LogP contribution in [0.4, 0.5) is 36.6 Å². The minimum Gasteiger partial charge on any atom is -0.389 e. The maximum atomic E-state index is 13.5. The molecule has 4 rings (SSSR count). The number of benzene rings is 1. The summed E-state index contributed by atoms with van der Waals surface area (Å²) in [6.45, 7) is 3.62. The van der Waals surface area contributed by atoms with Crippen molar-refractivity contribution < 1.29 is 35.8 Å². The van der Waals surface area contributed by atoms with Crippen LogP contribution in [0.1, 0.15) is 43.6 Å². The molecule has 36 heavy (non-hydrogen) atoms. The van der Waals surface area contributed by atoms with E-state index in [1.807, 2.05) is 0 Å². The van der Waals surface area contributed by atoms with Gasteiger partial charge in [-0.05, 0) is 44.4 Å². The molecule has 0 atom stereocenters. The van der Waals surface area contributed by atoms with Gasteiger partial charge in [0.1, 0.15) is 11.6 Å². The highest BCUT2D eigenvalue weighted by atomic mass is 19.4. The molecule has 0 saturated heterocycles. The number of fused-ring (bicyclic) bond motifs is 1. The molecular formula is C23H24F7N5O. The number of hydrogen-bond acceptors (Lipinski definition) is 5. The van der Waals surface area contributed by atoms with Crippen LogP contribution in [0.3, 0.4) is 0 Å². The van der Waals surface area contributed by atoms with E-state index in [9.17, 15) is 35.8 Å². The number of anilines is 1. The fourth-order valence-electron chi connectivity index (χ4n) is 4.35. The second-order valence-corrected chi connectivity index (χ2v) is 9.76. The smallest absolute Gasteiger partial charge is 0.389 e. The predicted molar refractivity (Wildman–Crippen MR) is 117 cm³/mol. The fraction of sp³-hybridized carbons (Fsp3) is 0.478. The molecular weight excluding hydrogens is 495 g/mol. The Morgan fingerprint density at radius 1 is 1.00 bits per heavy atom. The third kappa shape index (κ3) is 5.56. The van der Waals surface area contributed by atoms with E-state index in [-0.39, 0.29) is 18.4 Å². The van der Waals surface area contributed by atoms with Crippen LogP contribution < -0.4 is 10.6 Å². The Hall–Kier alpha value is -2.93. The van der Waals surface area contributed by atoms with Gasteiger partial charge in [-0.25, -0.2) is 9.37 Å². The number of aromatic nitrogens is 3. The lowest BCUT2D eigenvalue weighted by Gasteiger charge is -2.49. The van der Waals surface area contributed by atoms with Crippen molar-refractivity contribution >= 4 is 11.5 Å². The molecule has 0 bridgehead atoms. The second-order valence-electron chi connectivity index (χ2n) is 9.76. The first-order chi connectivity index (χ1) is 16.6. The molecule has 196 valence electrons. The number of nitrogens with zero attached hydrogens (tertiary/aromatic N) is 3. The molecule has 1 saturated carbocycles. The Labute approximate surface area is 201 Å². The minimum absolute atomic E-state index is 0.0343. The summed E-state index contributed by atoms with van der Waals surface area (Å²) >= 11 is 0. The van der Waals surface area contributed by atoms with E-state index in [0.29, 0.717) is 36.0 Å². The predicted octanol–water partition coefficient (Wildman–Crippen LogP) is 4.78. The maximum Gasteiger partial charge on any atom is 0.435 e. The van der Waals surface area contributed by atoms with Gasteiger partial charge in [0, 0.05) is 36.7 Å². The molecule has 0 spiro atoms. The zero-order chi connectivity index (χ0) is 26.5. The Morgan fingerprint density at radius 2 is 1.61 bits per heavy atom. The lowest BCUT2D eigenvalue weighted by atomic mass is 9.61. The molecule has 0 amide bonds. The normalized spacial score (nSPS) is 21.0. The third-order valence-corrected chi connectivity index (χ3v) is 6.17. The number of aliphatic hydroxyl groups is 1. The van der Waals surface area contributed by atoms with Gasteiger partial charge in [-0.3, -0.25) is 0 Å². The SMILES string of the molecule is CC(C)(O)CNC1CC(CNc2cc(C(F)(F)F)nc3cc(C(F)(F)F)nn23)(c2ccc(F)cc2)C1. The summed E-state index contributed by atoms with van der Waals surface area (Å²) in [5.41, 5.74) is -4.23. The Balaban J connectivity index is 1.65. The van der Waals surface area contributed by atoms with E-state index in [1.165, 1.54) is 12.1 Å². The van der Waals surface area contributed by atoms with Crippen molar-refractivity contribution in [2.45, 2.75) is 56.1 Å². The number of nitrogens with one attached hydrogen (secondary N) is 2. The molecule has 1 aromatic carbocycles. The van der Waals surface area contributed by atoms with Crippen LogP contribution in [-0.2, 0) is 17.8 Å². The van der Waals surface area contributed by atoms with Gasteiger partial charge in [0.25, 0.3) is 0 Å². The van der Waals surface area contributed by atoms with Crippen molar-refractivity contribution in [1.29, 1.82) is 0 Å². The monoisotopic (exact) mass is 519 g/mol. The standard InChI is InChI=1S/C23H24F7N5O/c1-20(2,36)11-31-15-9-21(10-15,13-3-5-14(24)6-4-13)12-32-18-7-16(22(25,26)27)33-19-8-17(23(28,29)30)34-35(18)19/h3-8,15,31-32,36H,9-12H2,1-2H3. The van der Waals surface area contributed by atoms with E-state index < -0.39 is 46.2 Å². The van der Waals surface area contributed by atoms with Crippen LogP contribution >= 0.6 is 0 Å². The summed E-state index contributed by atoms with van der Waals surface area (Å²) in [6.07, 6.45) is -8.77. The van der Waals surface area contributed by atoms with E-state index in [2.05, 4.69) is 20.7 Å². The molecule has 2 heterocycles. The van der Waals surface area contributed by atoms with Gasteiger partial charge < -0.3 is 15.7 Å². The Bertz CT molecular complexity index is 1220. The van der Waals surface area contributed by atoms with E-state index in [4.69, 9.17) is 0 Å². The summed E-state index contributed by atoms with van der Waals surface area (Å²) in [6, 6.07) is 6.71. The van der Waals surface area contributed by atoms with Crippen LogP contribution in [0.15, 0.2) is 36.4 Å². The number of halogens is 7. The van der Waals surface area contributed by atoms with Gasteiger partial charge in [-0.1, -0.05) is 12.1 Å². The summed E-state index contributed by atoms with van der Waals surface area (Å²) < 4.78 is 94.0. The third-order valence-electron chi connectivity index (χ3n) is 6.17. The molecule has 3 N–H and O–H groups in total. The zero-order valence-electron chi connectivity index (χ0n) is 19.3. The van der Waals surface area contributed by atoms with Crippen molar-refractivity contribution in [1.82, 2.24) is 19.9 Å². The molecule has 1 aliphatic carbocycles. The summed E-state index contributed by atoms with van der Waals surface area (Å²) in [7, 11) is 0. The van der Waals surface area contributed by atoms with Crippen LogP contribution in [-0.4, -0.2) is 44.4 Å². The van der Waals surface area contributed by atoms with Crippen LogP contribution in [0.5, 0.6) is 0 Å². The Kier molecular flexibility index (Phi) is 6.44. The van der Waals surface area contributed by atoms with Crippen LogP contribution in [0, 0.1) is 5.82 Å². The Morgan fingerprint density at radius 3 is 2.17 bits per heavy atom. The highest BCUT2D eigenvalue weighted by Gasteiger charge is 2.46. The molecule has 0 unspecified atom stereocenters. The average molecular weight is 519 g/mol. The van der Waals surface area contributed by atoms with E-state index in [0.717, 1.165) is 5.56 Å². The molecule has 0 radical (unpaired) electrons. The van der Waals surface area contributed by atoms with Crippen molar-refractivity contribution in [3.63, 3.8) is 0 Å². The first-order valence-corrected chi connectivity index (χ1v) is 11.1. The average Bonchev–Trinajstić information content (AvgIpc) is 3.17. The second kappa shape index (κ2) is 8.87. The van der Waals surface area contributed by atoms with Gasteiger partial charge >= 0.3 is 12.4 Å². The molecule has 1 fully saturated rings. The molecule has 13 heteroatoms. The van der Waals surface area contributed by atoms with Gasteiger partial charge in [0.05, 0.1) is 5.60 Å². The number of alkyl halides is 6. The first-order valence-electron chi connectivity index (χ1n) is 11.1. The minimum atomic E-state index is -4.89. The molecule has 6 nitrogen and oxygen atoms in total. The largest absolute Gasteiger partial charge is 0.435 e. The van der Waals surface area contributed by atoms with Gasteiger partial charge in [-0.2, -0.15) is 36.0 Å². The number of hydrogen-bond donors (Lipinski definition) is 3. The lowest BCUT2D eigenvalue weighted by molar-refractivity contribution is -0.142. The van der Waals surface area contributed by atoms with Crippen molar-refractivity contribution in [3.05, 3.63) is 59.2 Å². The highest BCUT2D eigenvalue weighted by molar-refractivity contribution is 5.52. The van der Waals surface area contributed by atoms with Crippen molar-refractivity contribution in [2.75, 3.05) is 18.4 Å². The molecule has 3 aromatic rings. The van der Waals surface area contributed by atoms with Gasteiger partial charge in [0.15, 0.2) is 17.0 Å². The topological polar surface area (TPSA) is 74.5 Å². The van der Waals surface area contributed by atoms with Gasteiger partial charge in [0.2, 0.25) is 0 Å². The van der Waals surface area contributed by atoms with Crippen molar-refractivity contribution in [3.8, 4) is 0 Å². The molecule has 2 aromatic heterocycles. The lowest BCUT2D eigenvalue weighted by Crippen LogP contribution is -2.56. The zero-order valence-corrected chi connectivity index (χ0v) is 19.3. The van der Waals surface area contributed by atoms with E-state index >= 15 is 0 Å². The molecule has 0 aliphatic heterocycles. The van der Waals surface area contributed by atoms with Crippen LogP contribution in [0.25, 0.3) is 5.65 Å². The quantitative estimate of drug-likeness (QED) is 0.392. The maximum absolute atomic E-state index is 13.5. The highest BCUT2D eigenvalue weighted by Crippen LogP contribution is 2.44. The van der Waals surface area contributed by atoms with Crippen LogP contribution in [0.2, 0.25) is 0 Å². The number of rotatable bonds is 7. The van der Waals surface area contributed by atoms with Crippen molar-refractivity contribution in [2.24, 2.45) is 0 Å².